The first-order valence-corrected chi connectivity index (χ1v) is 13.4. The Morgan fingerprint density at radius 3 is 2.28 bits per heavy atom. The number of ether oxygens (including phenoxy) is 1. The number of Topliss-reactive ketones (excluding diaryl/α,β-unsaturated/α-hetero) is 1. The molecule has 204 valence electrons. The zero-order valence-corrected chi connectivity index (χ0v) is 23.9. The first-order valence-electron chi connectivity index (χ1n) is 13.4. The number of hydrogen-bond acceptors (Lipinski definition) is 5. The zero-order valence-electron chi connectivity index (χ0n) is 23.9. The van der Waals surface area contributed by atoms with Gasteiger partial charge in [0.15, 0.2) is 0 Å². The van der Waals surface area contributed by atoms with E-state index in [1.54, 1.807) is 12.1 Å². The minimum Gasteiger partial charge on any atom is -0.507 e. The third-order valence-electron chi connectivity index (χ3n) is 7.11. The lowest BCUT2D eigenvalue weighted by Crippen LogP contribution is -2.30. The summed E-state index contributed by atoms with van der Waals surface area (Å²) in [4.78, 5) is 30.9. The van der Waals surface area contributed by atoms with Crippen molar-refractivity contribution in [2.45, 2.75) is 52.5 Å². The molecule has 1 unspecified atom stereocenters. The number of aliphatic hydroxyl groups excluding tert-OH is 1. The summed E-state index contributed by atoms with van der Waals surface area (Å²) >= 11 is 0. The maximum Gasteiger partial charge on any atom is 0.300 e. The second kappa shape index (κ2) is 11.0. The van der Waals surface area contributed by atoms with Gasteiger partial charge in [-0.05, 0) is 65.8 Å². The van der Waals surface area contributed by atoms with E-state index in [1.165, 1.54) is 4.90 Å². The van der Waals surface area contributed by atoms with Crippen LogP contribution in [-0.4, -0.2) is 37.5 Å². The Labute approximate surface area is 231 Å². The predicted octanol–water partition coefficient (Wildman–Crippen LogP) is 6.77. The summed E-state index contributed by atoms with van der Waals surface area (Å²) in [5.74, 6) is -1.08. The van der Waals surface area contributed by atoms with Crippen LogP contribution in [-0.2, 0) is 15.0 Å². The van der Waals surface area contributed by atoms with Gasteiger partial charge in [0.05, 0.1) is 23.9 Å². The number of aliphatic hydroxyl groups is 1. The van der Waals surface area contributed by atoms with Gasteiger partial charge in [0, 0.05) is 25.3 Å². The van der Waals surface area contributed by atoms with Crippen molar-refractivity contribution in [1.82, 2.24) is 0 Å². The highest BCUT2D eigenvalue weighted by atomic mass is 16.5. The highest BCUT2D eigenvalue weighted by Crippen LogP contribution is 2.45. The predicted molar refractivity (Wildman–Crippen MR) is 158 cm³/mol. The van der Waals surface area contributed by atoms with Gasteiger partial charge >= 0.3 is 0 Å². The summed E-state index contributed by atoms with van der Waals surface area (Å²) in [5, 5.41) is 11.8. The molecule has 1 atom stereocenters. The van der Waals surface area contributed by atoms with E-state index in [4.69, 9.17) is 4.74 Å². The normalized spacial score (nSPS) is 17.0. The van der Waals surface area contributed by atoms with Gasteiger partial charge in [-0.3, -0.25) is 14.5 Å². The zero-order chi connectivity index (χ0) is 28.5. The summed E-state index contributed by atoms with van der Waals surface area (Å²) in [7, 11) is 3.90. The van der Waals surface area contributed by atoms with Gasteiger partial charge in [0.1, 0.15) is 11.5 Å². The lowest BCUT2D eigenvalue weighted by molar-refractivity contribution is -0.132. The van der Waals surface area contributed by atoms with Crippen LogP contribution in [0.1, 0.15) is 62.4 Å². The molecule has 39 heavy (non-hydrogen) atoms. The number of carbonyl (C=O) groups excluding carboxylic acids is 2. The van der Waals surface area contributed by atoms with E-state index in [-0.39, 0.29) is 16.7 Å². The van der Waals surface area contributed by atoms with E-state index in [9.17, 15) is 14.7 Å². The molecule has 0 radical (unpaired) electrons. The summed E-state index contributed by atoms with van der Waals surface area (Å²) in [5.41, 5.74) is 4.49. The molecule has 3 aromatic rings. The van der Waals surface area contributed by atoms with Gasteiger partial charge in [0.25, 0.3) is 11.7 Å². The van der Waals surface area contributed by atoms with E-state index in [2.05, 4.69) is 20.8 Å². The Morgan fingerprint density at radius 2 is 1.67 bits per heavy atom. The van der Waals surface area contributed by atoms with Crippen molar-refractivity contribution in [3.63, 3.8) is 0 Å². The number of para-hydroxylation sites is 2. The van der Waals surface area contributed by atoms with Gasteiger partial charge in [-0.1, -0.05) is 64.1 Å². The van der Waals surface area contributed by atoms with Gasteiger partial charge in [0.2, 0.25) is 0 Å². The SMILES string of the molecule is CCCOc1ccccc1N1C(=O)C(=O)/C(=C(/O)c2cc(C(C)(C)C)ccc2C)C1c1ccc(N(C)C)cc1. The van der Waals surface area contributed by atoms with Crippen LogP contribution >= 0.6 is 0 Å². The number of anilines is 2. The fourth-order valence-electron chi connectivity index (χ4n) is 4.83. The number of benzene rings is 3. The fourth-order valence-corrected chi connectivity index (χ4v) is 4.83. The molecule has 1 aliphatic rings. The third-order valence-corrected chi connectivity index (χ3v) is 7.11. The third kappa shape index (κ3) is 5.42. The second-order valence-electron chi connectivity index (χ2n) is 11.3. The van der Waals surface area contributed by atoms with Crippen molar-refractivity contribution in [1.29, 1.82) is 0 Å². The van der Waals surface area contributed by atoms with E-state index in [1.807, 2.05) is 87.4 Å². The molecule has 1 saturated heterocycles. The molecule has 3 aromatic carbocycles. The molecule has 1 N–H and O–H groups in total. The molecule has 0 aromatic heterocycles. The first-order chi connectivity index (χ1) is 18.5. The summed E-state index contributed by atoms with van der Waals surface area (Å²) in [6.07, 6.45) is 0.798. The minimum absolute atomic E-state index is 0.0667. The Kier molecular flexibility index (Phi) is 7.86. The summed E-state index contributed by atoms with van der Waals surface area (Å²) in [6, 6.07) is 20.0. The monoisotopic (exact) mass is 526 g/mol. The number of hydrogen-bond donors (Lipinski definition) is 1. The summed E-state index contributed by atoms with van der Waals surface area (Å²) in [6.45, 7) is 10.7. The van der Waals surface area contributed by atoms with Crippen LogP contribution in [0.3, 0.4) is 0 Å². The Hall–Kier alpha value is -4.06. The smallest absolute Gasteiger partial charge is 0.300 e. The van der Waals surface area contributed by atoms with Crippen LogP contribution in [0.15, 0.2) is 72.3 Å². The Bertz CT molecular complexity index is 1410. The first kappa shape index (κ1) is 28.0. The molecular weight excluding hydrogens is 488 g/mol. The summed E-state index contributed by atoms with van der Waals surface area (Å²) < 4.78 is 5.98. The number of nitrogens with zero attached hydrogens (tertiary/aromatic N) is 2. The number of ketones is 1. The maximum atomic E-state index is 13.7. The van der Waals surface area contributed by atoms with Crippen molar-refractivity contribution >= 4 is 28.8 Å². The van der Waals surface area contributed by atoms with Crippen LogP contribution in [0.4, 0.5) is 11.4 Å². The van der Waals surface area contributed by atoms with E-state index < -0.39 is 17.7 Å². The van der Waals surface area contributed by atoms with Crippen molar-refractivity contribution in [3.05, 3.63) is 94.6 Å². The average Bonchev–Trinajstić information content (AvgIpc) is 3.16. The van der Waals surface area contributed by atoms with Crippen molar-refractivity contribution < 1.29 is 19.4 Å². The maximum absolute atomic E-state index is 13.7. The quantitative estimate of drug-likeness (QED) is 0.209. The number of rotatable bonds is 7. The highest BCUT2D eigenvalue weighted by molar-refractivity contribution is 6.52. The molecule has 0 aliphatic carbocycles. The topological polar surface area (TPSA) is 70.1 Å². The van der Waals surface area contributed by atoms with E-state index in [0.717, 1.165) is 28.8 Å². The molecule has 0 spiro atoms. The highest BCUT2D eigenvalue weighted by Gasteiger charge is 2.48. The lowest BCUT2D eigenvalue weighted by atomic mass is 9.84. The second-order valence-corrected chi connectivity index (χ2v) is 11.3. The van der Waals surface area contributed by atoms with Gasteiger partial charge < -0.3 is 14.7 Å². The van der Waals surface area contributed by atoms with Crippen molar-refractivity contribution in [2.24, 2.45) is 0 Å². The molecule has 1 fully saturated rings. The van der Waals surface area contributed by atoms with Crippen LogP contribution in [0, 0.1) is 6.92 Å². The molecule has 6 nitrogen and oxygen atoms in total. The fraction of sp³-hybridized carbons (Fsp3) is 0.333. The van der Waals surface area contributed by atoms with E-state index in [0.29, 0.717) is 23.6 Å². The molecule has 0 saturated carbocycles. The molecule has 1 amide bonds. The van der Waals surface area contributed by atoms with Crippen LogP contribution < -0.4 is 14.5 Å². The minimum atomic E-state index is -0.828. The number of amides is 1. The lowest BCUT2D eigenvalue weighted by Gasteiger charge is -2.28. The average molecular weight is 527 g/mol. The molecule has 1 heterocycles. The Morgan fingerprint density at radius 1 is 1.00 bits per heavy atom. The van der Waals surface area contributed by atoms with Gasteiger partial charge in [-0.25, -0.2) is 0 Å². The van der Waals surface area contributed by atoms with E-state index >= 15 is 0 Å². The molecule has 4 rings (SSSR count). The van der Waals surface area contributed by atoms with Crippen molar-refractivity contribution in [2.75, 3.05) is 30.5 Å². The van der Waals surface area contributed by atoms with Gasteiger partial charge in [-0.2, -0.15) is 0 Å². The van der Waals surface area contributed by atoms with Crippen molar-refractivity contribution in [3.8, 4) is 5.75 Å². The Balaban J connectivity index is 1.97. The largest absolute Gasteiger partial charge is 0.507 e. The molecule has 0 bridgehead atoms. The molecule has 1 aliphatic heterocycles. The van der Waals surface area contributed by atoms with Crippen LogP contribution in [0.2, 0.25) is 0 Å². The molecule has 6 heteroatoms. The van der Waals surface area contributed by atoms with Crippen LogP contribution in [0.5, 0.6) is 5.75 Å². The number of carbonyl (C=O) groups is 2. The number of aryl methyl sites for hydroxylation is 1. The molecular formula is C33H38N2O4. The standard InChI is InChI=1S/C33H38N2O4/c1-8-19-39-27-12-10-9-11-26(27)35-29(22-14-17-24(18-15-22)34(6)7)28(31(37)32(35)38)30(36)25-20-23(33(3,4)5)16-13-21(25)2/h9-18,20,29,36H,8,19H2,1-7H3/b30-28+. The van der Waals surface area contributed by atoms with Crippen LogP contribution in [0.25, 0.3) is 5.76 Å². The van der Waals surface area contributed by atoms with Gasteiger partial charge in [-0.15, -0.1) is 0 Å².